The summed E-state index contributed by atoms with van der Waals surface area (Å²) in [4.78, 5) is 16.8. The first kappa shape index (κ1) is 17.9. The minimum Gasteiger partial charge on any atom is -0.336 e. The quantitative estimate of drug-likeness (QED) is 0.837. The first-order valence-corrected chi connectivity index (χ1v) is 8.85. The summed E-state index contributed by atoms with van der Waals surface area (Å²) in [5.41, 5.74) is 2.49. The maximum atomic E-state index is 13.1. The highest BCUT2D eigenvalue weighted by Gasteiger charge is 2.25. The monoisotopic (exact) mass is 364 g/mol. The third-order valence-corrected chi connectivity index (χ3v) is 5.05. The number of rotatable bonds is 4. The van der Waals surface area contributed by atoms with Crippen LogP contribution in [0.5, 0.6) is 0 Å². The van der Waals surface area contributed by atoms with Crippen LogP contribution < -0.4 is 0 Å². The molecule has 0 spiro atoms. The first-order valence-electron chi connectivity index (χ1n) is 8.47. The summed E-state index contributed by atoms with van der Waals surface area (Å²) in [6, 6.07) is 4.48. The summed E-state index contributed by atoms with van der Waals surface area (Å²) in [6.45, 7) is 8.20. The van der Waals surface area contributed by atoms with E-state index in [-0.39, 0.29) is 11.7 Å². The molecule has 1 fully saturated rings. The highest BCUT2D eigenvalue weighted by Crippen LogP contribution is 2.20. The van der Waals surface area contributed by atoms with Gasteiger partial charge in [0.25, 0.3) is 5.91 Å². The van der Waals surface area contributed by atoms with Crippen molar-refractivity contribution in [3.05, 3.63) is 52.1 Å². The Morgan fingerprint density at radius 2 is 2.00 bits per heavy atom. The fourth-order valence-electron chi connectivity index (χ4n) is 3.15. The van der Waals surface area contributed by atoms with Crippen molar-refractivity contribution in [2.75, 3.05) is 26.2 Å². The van der Waals surface area contributed by atoms with Crippen molar-refractivity contribution in [1.29, 1.82) is 0 Å². The molecule has 0 bridgehead atoms. The normalized spacial score (nSPS) is 15.6. The van der Waals surface area contributed by atoms with E-state index in [9.17, 15) is 9.18 Å². The van der Waals surface area contributed by atoms with Gasteiger partial charge in [-0.3, -0.25) is 14.4 Å². The maximum absolute atomic E-state index is 13.1. The van der Waals surface area contributed by atoms with E-state index < -0.39 is 0 Å². The molecule has 1 aromatic carbocycles. The Bertz CT molecular complexity index is 768. The molecule has 0 unspecified atom stereocenters. The zero-order valence-corrected chi connectivity index (χ0v) is 15.3. The third kappa shape index (κ3) is 3.85. The van der Waals surface area contributed by atoms with Gasteiger partial charge in [-0.2, -0.15) is 5.10 Å². The summed E-state index contributed by atoms with van der Waals surface area (Å²) in [6.07, 6.45) is 1.66. The van der Waals surface area contributed by atoms with Crippen molar-refractivity contribution in [3.8, 4) is 0 Å². The minimum absolute atomic E-state index is 0.0386. The Morgan fingerprint density at radius 1 is 1.28 bits per heavy atom. The van der Waals surface area contributed by atoms with Crippen LogP contribution in [0.2, 0.25) is 5.02 Å². The van der Waals surface area contributed by atoms with E-state index >= 15 is 0 Å². The summed E-state index contributed by atoms with van der Waals surface area (Å²) >= 11 is 6.10. The predicted molar refractivity (Wildman–Crippen MR) is 95.2 cm³/mol. The van der Waals surface area contributed by atoms with Gasteiger partial charge < -0.3 is 4.90 Å². The summed E-state index contributed by atoms with van der Waals surface area (Å²) in [5, 5.41) is 4.70. The molecule has 1 aliphatic rings. The van der Waals surface area contributed by atoms with Crippen molar-refractivity contribution in [3.63, 3.8) is 0 Å². The number of benzene rings is 1. The van der Waals surface area contributed by atoms with Crippen LogP contribution in [0.1, 0.15) is 28.5 Å². The molecule has 2 heterocycles. The van der Waals surface area contributed by atoms with Crippen molar-refractivity contribution >= 4 is 17.5 Å². The second-order valence-electron chi connectivity index (χ2n) is 6.26. The lowest BCUT2D eigenvalue weighted by Gasteiger charge is -2.34. The van der Waals surface area contributed by atoms with Gasteiger partial charge in [-0.05, 0) is 31.5 Å². The van der Waals surface area contributed by atoms with E-state index in [0.29, 0.717) is 30.2 Å². The van der Waals surface area contributed by atoms with Crippen LogP contribution in [0, 0.1) is 12.7 Å². The lowest BCUT2D eigenvalue weighted by atomic mass is 10.1. The maximum Gasteiger partial charge on any atom is 0.257 e. The Kier molecular flexibility index (Phi) is 5.39. The number of halogens is 2. The zero-order chi connectivity index (χ0) is 18.0. The lowest BCUT2D eigenvalue weighted by molar-refractivity contribution is 0.0627. The molecule has 0 atom stereocenters. The number of carbonyl (C=O) groups is 1. The van der Waals surface area contributed by atoms with Crippen LogP contribution in [-0.2, 0) is 13.1 Å². The summed E-state index contributed by atoms with van der Waals surface area (Å²) in [5.74, 6) is -0.288. The van der Waals surface area contributed by atoms with Gasteiger partial charge in [-0.15, -0.1) is 0 Å². The third-order valence-electron chi connectivity index (χ3n) is 4.70. The van der Waals surface area contributed by atoms with Crippen LogP contribution in [-0.4, -0.2) is 51.7 Å². The van der Waals surface area contributed by atoms with Crippen LogP contribution >= 0.6 is 11.6 Å². The molecule has 3 rings (SSSR count). The van der Waals surface area contributed by atoms with E-state index in [1.807, 2.05) is 23.4 Å². The molecule has 0 N–H and O–H groups in total. The number of hydrogen-bond acceptors (Lipinski definition) is 3. The van der Waals surface area contributed by atoms with Crippen LogP contribution in [0.25, 0.3) is 0 Å². The van der Waals surface area contributed by atoms with Crippen molar-refractivity contribution < 1.29 is 9.18 Å². The molecule has 1 aliphatic heterocycles. The number of nitrogens with zero attached hydrogens (tertiary/aromatic N) is 4. The van der Waals surface area contributed by atoms with Crippen LogP contribution in [0.3, 0.4) is 0 Å². The molecule has 1 aromatic heterocycles. The Morgan fingerprint density at radius 3 is 2.60 bits per heavy atom. The summed E-state index contributed by atoms with van der Waals surface area (Å²) < 4.78 is 15.0. The molecule has 0 aliphatic carbocycles. The van der Waals surface area contributed by atoms with E-state index in [2.05, 4.69) is 10.00 Å². The fourth-order valence-corrected chi connectivity index (χ4v) is 3.37. The van der Waals surface area contributed by atoms with Crippen molar-refractivity contribution in [2.45, 2.75) is 26.9 Å². The van der Waals surface area contributed by atoms with E-state index in [4.69, 9.17) is 11.6 Å². The number of hydrogen-bond donors (Lipinski definition) is 0. The smallest absolute Gasteiger partial charge is 0.257 e. The number of aromatic nitrogens is 2. The lowest BCUT2D eigenvalue weighted by Crippen LogP contribution is -2.48. The van der Waals surface area contributed by atoms with E-state index in [0.717, 1.165) is 30.9 Å². The fraction of sp³-hybridized carbons (Fsp3) is 0.444. The predicted octanol–water partition coefficient (Wildman–Crippen LogP) is 2.96. The Hall–Kier alpha value is -1.92. The standard InChI is InChI=1S/C18H22ClFN4O/c1-3-24-13(2)16(11-21-24)18(25)23-8-6-22(7-9-23)12-14-4-5-15(20)10-17(14)19/h4-5,10-11H,3,6-9,12H2,1-2H3. The molecule has 0 saturated carbocycles. The average molecular weight is 365 g/mol. The Labute approximate surface area is 152 Å². The highest BCUT2D eigenvalue weighted by atomic mass is 35.5. The second-order valence-corrected chi connectivity index (χ2v) is 6.67. The van der Waals surface area contributed by atoms with Gasteiger partial charge in [0.15, 0.2) is 0 Å². The number of aryl methyl sites for hydroxylation is 1. The van der Waals surface area contributed by atoms with Gasteiger partial charge in [0.1, 0.15) is 5.82 Å². The highest BCUT2D eigenvalue weighted by molar-refractivity contribution is 6.31. The topological polar surface area (TPSA) is 41.4 Å². The molecule has 1 saturated heterocycles. The number of piperazine rings is 1. The molecular weight excluding hydrogens is 343 g/mol. The van der Waals surface area contributed by atoms with Gasteiger partial charge >= 0.3 is 0 Å². The largest absolute Gasteiger partial charge is 0.336 e. The molecule has 7 heteroatoms. The molecule has 134 valence electrons. The van der Waals surface area contributed by atoms with Gasteiger partial charge in [0.05, 0.1) is 11.8 Å². The van der Waals surface area contributed by atoms with Gasteiger partial charge in [0, 0.05) is 50.0 Å². The van der Waals surface area contributed by atoms with Gasteiger partial charge in [0.2, 0.25) is 0 Å². The minimum atomic E-state index is -0.327. The van der Waals surface area contributed by atoms with E-state index in [1.54, 1.807) is 12.3 Å². The molecule has 1 amide bonds. The molecule has 0 radical (unpaired) electrons. The second kappa shape index (κ2) is 7.54. The van der Waals surface area contributed by atoms with Crippen molar-refractivity contribution in [2.24, 2.45) is 0 Å². The van der Waals surface area contributed by atoms with E-state index in [1.165, 1.54) is 12.1 Å². The van der Waals surface area contributed by atoms with Gasteiger partial charge in [-0.1, -0.05) is 17.7 Å². The molecule has 25 heavy (non-hydrogen) atoms. The molecule has 5 nitrogen and oxygen atoms in total. The summed E-state index contributed by atoms with van der Waals surface area (Å²) in [7, 11) is 0. The van der Waals surface area contributed by atoms with Crippen LogP contribution in [0.4, 0.5) is 4.39 Å². The first-order chi connectivity index (χ1) is 12.0. The number of amides is 1. The number of carbonyl (C=O) groups excluding carboxylic acids is 1. The van der Waals surface area contributed by atoms with Gasteiger partial charge in [-0.25, -0.2) is 4.39 Å². The van der Waals surface area contributed by atoms with Crippen LogP contribution in [0.15, 0.2) is 24.4 Å². The Balaban J connectivity index is 1.59. The zero-order valence-electron chi connectivity index (χ0n) is 14.5. The SMILES string of the molecule is CCn1ncc(C(=O)N2CCN(Cc3ccc(F)cc3Cl)CC2)c1C. The average Bonchev–Trinajstić information content (AvgIpc) is 2.98. The molecular formula is C18H22ClFN4O. The van der Waals surface area contributed by atoms with Crippen molar-refractivity contribution in [1.82, 2.24) is 19.6 Å². The molecule has 2 aromatic rings.